The number of ketones is 1. The maximum atomic E-state index is 10.9. The number of carbonyl (C=O) groups excluding carboxylic acids is 1. The van der Waals surface area contributed by atoms with Crippen LogP contribution in [-0.2, 0) is 4.79 Å². The molecular weight excluding hydrogens is 140 g/mol. The van der Waals surface area contributed by atoms with Gasteiger partial charge in [0.15, 0.2) is 5.78 Å². The third-order valence-corrected chi connectivity index (χ3v) is 1.60. The molecule has 0 bridgehead atoms. The zero-order valence-electron chi connectivity index (χ0n) is 5.82. The Bertz CT molecular complexity index is 408. The summed E-state index contributed by atoms with van der Waals surface area (Å²) >= 11 is 0. The van der Waals surface area contributed by atoms with Crippen LogP contribution in [0, 0.1) is 0 Å². The molecule has 3 nitrogen and oxygen atoms in total. The molecule has 1 heterocycles. The highest BCUT2D eigenvalue weighted by Crippen LogP contribution is 1.87. The highest BCUT2D eigenvalue weighted by Gasteiger charge is 2.00. The molecule has 11 heavy (non-hydrogen) atoms. The fourth-order valence-electron chi connectivity index (χ4n) is 1.06. The summed E-state index contributed by atoms with van der Waals surface area (Å²) in [6, 6.07) is 1.79. The number of aromatic nitrogens is 2. The quantitative estimate of drug-likeness (QED) is 0.472. The van der Waals surface area contributed by atoms with E-state index in [0.717, 1.165) is 10.6 Å². The number of hydrogen-bond acceptors (Lipinski definition) is 3. The van der Waals surface area contributed by atoms with E-state index in [1.165, 1.54) is 0 Å². The lowest BCUT2D eigenvalue weighted by atomic mass is 10.1. The molecule has 1 aliphatic rings. The van der Waals surface area contributed by atoms with E-state index in [9.17, 15) is 4.79 Å². The standard InChI is InChI=1S/C8H6N2O/c11-7-1-2-8-6(5-7)3-4-9-10-8/h2-5H,1H2. The van der Waals surface area contributed by atoms with Gasteiger partial charge in [0.1, 0.15) is 0 Å². The van der Waals surface area contributed by atoms with Crippen LogP contribution in [0.5, 0.6) is 0 Å². The topological polar surface area (TPSA) is 42.9 Å². The molecule has 3 heteroatoms. The molecule has 54 valence electrons. The minimum absolute atomic E-state index is 0.130. The van der Waals surface area contributed by atoms with Crippen molar-refractivity contribution in [2.24, 2.45) is 0 Å². The van der Waals surface area contributed by atoms with Gasteiger partial charge >= 0.3 is 0 Å². The Labute approximate surface area is 63.1 Å². The molecular formula is C8H6N2O. The lowest BCUT2D eigenvalue weighted by Crippen LogP contribution is -2.32. The van der Waals surface area contributed by atoms with Crippen molar-refractivity contribution >= 4 is 17.9 Å². The minimum atomic E-state index is 0.130. The predicted octanol–water partition coefficient (Wildman–Crippen LogP) is -0.990. The summed E-state index contributed by atoms with van der Waals surface area (Å²) in [5, 5.41) is 9.26. The Morgan fingerprint density at radius 3 is 3.27 bits per heavy atom. The smallest absolute Gasteiger partial charge is 0.160 e. The second-order valence-corrected chi connectivity index (χ2v) is 2.39. The van der Waals surface area contributed by atoms with Crippen molar-refractivity contribution in [3.8, 4) is 0 Å². The largest absolute Gasteiger partial charge is 0.294 e. The SMILES string of the molecule is O=C1C=c2ccnnc2=CC1. The number of nitrogens with zero attached hydrogens (tertiary/aromatic N) is 2. The molecule has 0 fully saturated rings. The third kappa shape index (κ3) is 1.05. The average molecular weight is 146 g/mol. The average Bonchev–Trinajstić information content (AvgIpc) is 2.04. The van der Waals surface area contributed by atoms with Gasteiger partial charge in [-0.05, 0) is 18.2 Å². The highest BCUT2D eigenvalue weighted by atomic mass is 16.1. The van der Waals surface area contributed by atoms with Crippen LogP contribution in [0.4, 0.5) is 0 Å². The lowest BCUT2D eigenvalue weighted by molar-refractivity contribution is -0.112. The van der Waals surface area contributed by atoms with E-state index in [1.54, 1.807) is 24.4 Å². The summed E-state index contributed by atoms with van der Waals surface area (Å²) in [5.74, 6) is 0.130. The van der Waals surface area contributed by atoms with E-state index in [4.69, 9.17) is 0 Å². The number of hydrogen-bond donors (Lipinski definition) is 0. The summed E-state index contributed by atoms with van der Waals surface area (Å²) in [6.07, 6.45) is 5.43. The normalized spacial score (nSPS) is 14.7. The molecule has 0 amide bonds. The molecule has 1 aromatic rings. The molecule has 0 N–H and O–H groups in total. The van der Waals surface area contributed by atoms with Crippen molar-refractivity contribution in [2.75, 3.05) is 0 Å². The number of rotatable bonds is 0. The van der Waals surface area contributed by atoms with E-state index in [1.807, 2.05) is 0 Å². The van der Waals surface area contributed by atoms with Crippen LogP contribution >= 0.6 is 0 Å². The van der Waals surface area contributed by atoms with E-state index >= 15 is 0 Å². The Balaban J connectivity index is 2.83. The van der Waals surface area contributed by atoms with E-state index in [0.29, 0.717) is 6.42 Å². The van der Waals surface area contributed by atoms with E-state index < -0.39 is 0 Å². The summed E-state index contributed by atoms with van der Waals surface area (Å²) in [6.45, 7) is 0. The zero-order valence-corrected chi connectivity index (χ0v) is 5.82. The van der Waals surface area contributed by atoms with Crippen molar-refractivity contribution in [1.82, 2.24) is 10.2 Å². The van der Waals surface area contributed by atoms with Crippen molar-refractivity contribution in [3.63, 3.8) is 0 Å². The summed E-state index contributed by atoms with van der Waals surface area (Å²) in [4.78, 5) is 10.9. The molecule has 1 aromatic heterocycles. The van der Waals surface area contributed by atoms with Gasteiger partial charge in [-0.1, -0.05) is 0 Å². The van der Waals surface area contributed by atoms with E-state index in [-0.39, 0.29) is 5.78 Å². The van der Waals surface area contributed by atoms with Gasteiger partial charge in [-0.15, -0.1) is 0 Å². The van der Waals surface area contributed by atoms with Crippen molar-refractivity contribution < 1.29 is 4.79 Å². The van der Waals surface area contributed by atoms with Gasteiger partial charge in [-0.2, -0.15) is 10.2 Å². The molecule has 0 saturated carbocycles. The number of carbonyl (C=O) groups is 1. The number of Topliss-reactive ketones (excluding diaryl/α,β-unsaturated/α-hetero) is 1. The van der Waals surface area contributed by atoms with E-state index in [2.05, 4.69) is 10.2 Å². The second kappa shape index (κ2) is 2.27. The first-order chi connectivity index (χ1) is 5.36. The second-order valence-electron chi connectivity index (χ2n) is 2.39. The van der Waals surface area contributed by atoms with Gasteiger partial charge in [-0.25, -0.2) is 0 Å². The fraction of sp³-hybridized carbons (Fsp3) is 0.125. The zero-order chi connectivity index (χ0) is 7.68. The molecule has 0 atom stereocenters. The Hall–Kier alpha value is -1.51. The molecule has 0 saturated heterocycles. The molecule has 0 radical (unpaired) electrons. The fourth-order valence-corrected chi connectivity index (χ4v) is 1.06. The van der Waals surface area contributed by atoms with Crippen LogP contribution < -0.4 is 10.6 Å². The van der Waals surface area contributed by atoms with Crippen LogP contribution in [0.3, 0.4) is 0 Å². The van der Waals surface area contributed by atoms with Crippen molar-refractivity contribution in [3.05, 3.63) is 22.8 Å². The van der Waals surface area contributed by atoms with Crippen LogP contribution in [0.25, 0.3) is 12.2 Å². The van der Waals surface area contributed by atoms with Crippen LogP contribution in [0.1, 0.15) is 6.42 Å². The summed E-state index contributed by atoms with van der Waals surface area (Å²) < 4.78 is 0. The van der Waals surface area contributed by atoms with Crippen molar-refractivity contribution in [1.29, 1.82) is 0 Å². The predicted molar refractivity (Wildman–Crippen MR) is 39.8 cm³/mol. The van der Waals surface area contributed by atoms with Crippen molar-refractivity contribution in [2.45, 2.75) is 6.42 Å². The molecule has 2 rings (SSSR count). The first-order valence-corrected chi connectivity index (χ1v) is 3.39. The Kier molecular flexibility index (Phi) is 1.28. The van der Waals surface area contributed by atoms with Crippen LogP contribution in [0.2, 0.25) is 0 Å². The molecule has 1 aliphatic carbocycles. The minimum Gasteiger partial charge on any atom is -0.294 e. The monoisotopic (exact) mass is 146 g/mol. The molecule has 0 unspecified atom stereocenters. The van der Waals surface area contributed by atoms with Gasteiger partial charge in [0.2, 0.25) is 0 Å². The van der Waals surface area contributed by atoms with Crippen LogP contribution in [0.15, 0.2) is 12.3 Å². The third-order valence-electron chi connectivity index (χ3n) is 1.60. The number of fused-ring (bicyclic) bond motifs is 1. The molecule has 0 aliphatic heterocycles. The van der Waals surface area contributed by atoms with Gasteiger partial charge < -0.3 is 0 Å². The van der Waals surface area contributed by atoms with Gasteiger partial charge in [-0.3, -0.25) is 4.79 Å². The van der Waals surface area contributed by atoms with Gasteiger partial charge in [0, 0.05) is 11.6 Å². The van der Waals surface area contributed by atoms with Crippen LogP contribution in [-0.4, -0.2) is 16.0 Å². The summed E-state index contributed by atoms with van der Waals surface area (Å²) in [5.41, 5.74) is 0. The first kappa shape index (κ1) is 6.22. The Morgan fingerprint density at radius 1 is 1.45 bits per heavy atom. The molecule has 0 spiro atoms. The Morgan fingerprint density at radius 2 is 2.36 bits per heavy atom. The van der Waals surface area contributed by atoms with Gasteiger partial charge in [0.05, 0.1) is 11.5 Å². The lowest BCUT2D eigenvalue weighted by Gasteiger charge is -1.94. The summed E-state index contributed by atoms with van der Waals surface area (Å²) in [7, 11) is 0. The molecule has 0 aromatic carbocycles. The highest BCUT2D eigenvalue weighted by molar-refractivity contribution is 6.08. The maximum absolute atomic E-state index is 10.9. The first-order valence-electron chi connectivity index (χ1n) is 3.39. The van der Waals surface area contributed by atoms with Gasteiger partial charge in [0.25, 0.3) is 0 Å². The maximum Gasteiger partial charge on any atom is 0.160 e.